The van der Waals surface area contributed by atoms with Gasteiger partial charge in [0.1, 0.15) is 0 Å². The molecule has 0 aromatic heterocycles. The highest BCUT2D eigenvalue weighted by atomic mass is 35.5. The number of likely N-dealkylation sites (N-methyl/N-ethyl adjacent to an activating group) is 1. The molecule has 0 radical (unpaired) electrons. The fraction of sp³-hybridized carbons (Fsp3) is 0.500. The molecule has 104 valence electrons. The van der Waals surface area contributed by atoms with Gasteiger partial charge in [-0.25, -0.2) is 8.42 Å². The van der Waals surface area contributed by atoms with Crippen molar-refractivity contribution in [3.05, 3.63) is 29.8 Å². The summed E-state index contributed by atoms with van der Waals surface area (Å²) in [4.78, 5) is 2.49. The minimum Gasteiger partial charge on any atom is -0.329 e. The largest absolute Gasteiger partial charge is 0.329 e. The minimum absolute atomic E-state index is 0. The molecule has 1 aromatic carbocycles. The highest BCUT2D eigenvalue weighted by Crippen LogP contribution is 2.20. The van der Waals surface area contributed by atoms with E-state index in [9.17, 15) is 8.42 Å². The number of nitrogens with zero attached hydrogens (tertiary/aromatic N) is 1. The molecule has 0 aliphatic heterocycles. The zero-order valence-electron chi connectivity index (χ0n) is 11.0. The van der Waals surface area contributed by atoms with E-state index in [1.165, 1.54) is 6.26 Å². The first-order valence-electron chi connectivity index (χ1n) is 5.56. The number of rotatable bonds is 5. The van der Waals surface area contributed by atoms with Gasteiger partial charge in [-0.2, -0.15) is 0 Å². The monoisotopic (exact) mass is 292 g/mol. The summed E-state index contributed by atoms with van der Waals surface area (Å²) >= 11 is 0. The third-order valence-electron chi connectivity index (χ3n) is 2.93. The lowest BCUT2D eigenvalue weighted by Crippen LogP contribution is -2.28. The zero-order valence-corrected chi connectivity index (χ0v) is 12.6. The van der Waals surface area contributed by atoms with Crippen LogP contribution in [0.1, 0.15) is 18.5 Å². The average Bonchev–Trinajstić information content (AvgIpc) is 2.27. The molecule has 18 heavy (non-hydrogen) atoms. The lowest BCUT2D eigenvalue weighted by molar-refractivity contribution is 0.269. The van der Waals surface area contributed by atoms with Crippen LogP contribution in [0.2, 0.25) is 0 Å². The lowest BCUT2D eigenvalue weighted by Gasteiger charge is -2.24. The number of nitrogens with two attached hydrogens (primary N) is 1. The first-order chi connectivity index (χ1) is 7.86. The van der Waals surface area contributed by atoms with Crippen molar-refractivity contribution in [2.45, 2.75) is 17.9 Å². The first kappa shape index (κ1) is 17.4. The van der Waals surface area contributed by atoms with Crippen molar-refractivity contribution in [2.75, 3.05) is 26.4 Å². The third-order valence-corrected chi connectivity index (χ3v) is 4.06. The average molecular weight is 293 g/mol. The fourth-order valence-corrected chi connectivity index (χ4v) is 2.28. The summed E-state index contributed by atoms with van der Waals surface area (Å²) < 4.78 is 22.6. The molecule has 1 aromatic rings. The molecule has 0 amide bonds. The molecule has 0 aliphatic rings. The van der Waals surface area contributed by atoms with Gasteiger partial charge in [-0.1, -0.05) is 12.1 Å². The highest BCUT2D eigenvalue weighted by molar-refractivity contribution is 7.90. The molecule has 0 bridgehead atoms. The predicted octanol–water partition coefficient (Wildman–Crippen LogP) is 1.46. The molecule has 0 heterocycles. The van der Waals surface area contributed by atoms with Crippen molar-refractivity contribution in [3.8, 4) is 0 Å². The summed E-state index contributed by atoms with van der Waals surface area (Å²) in [7, 11) is -1.11. The number of benzene rings is 1. The molecule has 4 nitrogen and oxygen atoms in total. The Kier molecular flexibility index (Phi) is 6.84. The van der Waals surface area contributed by atoms with E-state index in [1.807, 2.05) is 19.2 Å². The van der Waals surface area contributed by atoms with Crippen molar-refractivity contribution in [2.24, 2.45) is 5.73 Å². The van der Waals surface area contributed by atoms with Gasteiger partial charge in [0.05, 0.1) is 4.90 Å². The second-order valence-corrected chi connectivity index (χ2v) is 6.30. The van der Waals surface area contributed by atoms with E-state index >= 15 is 0 Å². The maximum absolute atomic E-state index is 11.3. The van der Waals surface area contributed by atoms with Gasteiger partial charge < -0.3 is 5.73 Å². The molecule has 6 heteroatoms. The van der Waals surface area contributed by atoms with Crippen LogP contribution < -0.4 is 5.73 Å². The summed E-state index contributed by atoms with van der Waals surface area (Å²) in [6, 6.07) is 7.24. The number of hydrogen-bond donors (Lipinski definition) is 1. The Morgan fingerprint density at radius 3 is 2.17 bits per heavy atom. The lowest BCUT2D eigenvalue weighted by atomic mass is 10.1. The van der Waals surface area contributed by atoms with Crippen LogP contribution in [0.5, 0.6) is 0 Å². The Labute approximate surface area is 115 Å². The second kappa shape index (κ2) is 7.09. The van der Waals surface area contributed by atoms with Gasteiger partial charge in [-0.15, -0.1) is 12.4 Å². The Morgan fingerprint density at radius 2 is 1.78 bits per heavy atom. The van der Waals surface area contributed by atoms with Crippen LogP contribution in [0, 0.1) is 0 Å². The van der Waals surface area contributed by atoms with Gasteiger partial charge in [-0.05, 0) is 31.7 Å². The van der Waals surface area contributed by atoms with Crippen LogP contribution in [-0.2, 0) is 9.84 Å². The highest BCUT2D eigenvalue weighted by Gasteiger charge is 2.12. The Morgan fingerprint density at radius 1 is 1.28 bits per heavy atom. The van der Waals surface area contributed by atoms with Crippen LogP contribution in [0.25, 0.3) is 0 Å². The SMILES string of the molecule is CC(c1ccc(S(C)(=O)=O)cc1)N(C)CCN.Cl. The molecule has 1 unspecified atom stereocenters. The summed E-state index contributed by atoms with van der Waals surface area (Å²) in [6.45, 7) is 3.50. The van der Waals surface area contributed by atoms with E-state index in [1.54, 1.807) is 12.1 Å². The van der Waals surface area contributed by atoms with Crippen LogP contribution in [0.15, 0.2) is 29.2 Å². The first-order valence-corrected chi connectivity index (χ1v) is 7.45. The van der Waals surface area contributed by atoms with Crippen molar-refractivity contribution in [1.29, 1.82) is 0 Å². The molecular weight excluding hydrogens is 272 g/mol. The van der Waals surface area contributed by atoms with Crippen molar-refractivity contribution >= 4 is 22.2 Å². The van der Waals surface area contributed by atoms with Crippen molar-refractivity contribution < 1.29 is 8.42 Å². The minimum atomic E-state index is -3.11. The Balaban J connectivity index is 0.00000289. The topological polar surface area (TPSA) is 63.4 Å². The van der Waals surface area contributed by atoms with E-state index in [0.717, 1.165) is 12.1 Å². The fourth-order valence-electron chi connectivity index (χ4n) is 1.65. The maximum atomic E-state index is 11.3. The Bertz CT molecular complexity index is 459. The molecular formula is C12H21ClN2O2S. The molecule has 1 atom stereocenters. The van der Waals surface area contributed by atoms with Gasteiger partial charge in [0, 0.05) is 25.4 Å². The van der Waals surface area contributed by atoms with Crippen LogP contribution in [0.4, 0.5) is 0 Å². The third kappa shape index (κ3) is 4.57. The van der Waals surface area contributed by atoms with E-state index in [2.05, 4.69) is 11.8 Å². The van der Waals surface area contributed by atoms with E-state index in [4.69, 9.17) is 5.73 Å². The zero-order chi connectivity index (χ0) is 13.1. The standard InChI is InChI=1S/C12H20N2O2S.ClH/c1-10(14(2)9-8-13)11-4-6-12(7-5-11)17(3,15)16;/h4-7,10H,8-9,13H2,1-3H3;1H. The van der Waals surface area contributed by atoms with E-state index in [-0.39, 0.29) is 18.4 Å². The van der Waals surface area contributed by atoms with Gasteiger partial charge in [0.2, 0.25) is 0 Å². The summed E-state index contributed by atoms with van der Waals surface area (Å²) in [5, 5.41) is 0. The van der Waals surface area contributed by atoms with Crippen molar-refractivity contribution in [1.82, 2.24) is 4.90 Å². The molecule has 0 spiro atoms. The summed E-state index contributed by atoms with van der Waals surface area (Å²) in [5.41, 5.74) is 6.60. The molecule has 0 aliphatic carbocycles. The van der Waals surface area contributed by atoms with E-state index in [0.29, 0.717) is 11.4 Å². The quantitative estimate of drug-likeness (QED) is 0.892. The van der Waals surface area contributed by atoms with Gasteiger partial charge in [0.25, 0.3) is 0 Å². The molecule has 1 rings (SSSR count). The number of sulfone groups is 1. The Hall–Kier alpha value is -0.620. The second-order valence-electron chi connectivity index (χ2n) is 4.29. The smallest absolute Gasteiger partial charge is 0.175 e. The number of halogens is 1. The van der Waals surface area contributed by atoms with Crippen molar-refractivity contribution in [3.63, 3.8) is 0 Å². The normalized spacial score (nSPS) is 13.2. The molecule has 0 fully saturated rings. The molecule has 0 saturated carbocycles. The van der Waals surface area contributed by atoms with Crippen LogP contribution in [-0.4, -0.2) is 39.7 Å². The van der Waals surface area contributed by atoms with E-state index < -0.39 is 9.84 Å². The number of hydrogen-bond acceptors (Lipinski definition) is 4. The predicted molar refractivity (Wildman–Crippen MR) is 76.9 cm³/mol. The van der Waals surface area contributed by atoms with Crippen LogP contribution in [0.3, 0.4) is 0 Å². The van der Waals surface area contributed by atoms with Gasteiger partial charge >= 0.3 is 0 Å². The van der Waals surface area contributed by atoms with Crippen LogP contribution >= 0.6 is 12.4 Å². The van der Waals surface area contributed by atoms with Gasteiger partial charge in [0.15, 0.2) is 9.84 Å². The molecule has 2 N–H and O–H groups in total. The summed E-state index contributed by atoms with van der Waals surface area (Å²) in [5.74, 6) is 0. The molecule has 0 saturated heterocycles. The summed E-state index contributed by atoms with van der Waals surface area (Å²) in [6.07, 6.45) is 1.21. The maximum Gasteiger partial charge on any atom is 0.175 e. The van der Waals surface area contributed by atoms with Gasteiger partial charge in [-0.3, -0.25) is 4.90 Å².